The van der Waals surface area contributed by atoms with Gasteiger partial charge < -0.3 is 15.2 Å². The van der Waals surface area contributed by atoms with Crippen LogP contribution in [0.15, 0.2) is 18.2 Å². The van der Waals surface area contributed by atoms with Crippen LogP contribution in [0.4, 0.5) is 0 Å². The topological polar surface area (TPSA) is 47.7 Å². The van der Waals surface area contributed by atoms with Gasteiger partial charge in [-0.2, -0.15) is 0 Å². The molecule has 1 saturated heterocycles. The first-order valence-electron chi connectivity index (χ1n) is 6.87. The summed E-state index contributed by atoms with van der Waals surface area (Å²) in [6.07, 6.45) is 2.70. The van der Waals surface area contributed by atoms with Crippen molar-refractivity contribution in [2.24, 2.45) is 5.73 Å². The quantitative estimate of drug-likeness (QED) is 0.813. The van der Waals surface area contributed by atoms with E-state index in [1.807, 2.05) is 18.2 Å². The molecule has 1 aromatic carbocycles. The third kappa shape index (κ3) is 3.91. The van der Waals surface area contributed by atoms with Gasteiger partial charge in [-0.05, 0) is 37.6 Å². The lowest BCUT2D eigenvalue weighted by Gasteiger charge is -2.21. The zero-order chi connectivity index (χ0) is 14.5. The highest BCUT2D eigenvalue weighted by Gasteiger charge is 2.17. The molecular weight excluding hydrogens is 272 g/mol. The van der Waals surface area contributed by atoms with E-state index in [9.17, 15) is 0 Å². The fraction of sp³-hybridized carbons (Fsp3) is 0.533. The summed E-state index contributed by atoms with van der Waals surface area (Å²) in [7, 11) is 3.73. The van der Waals surface area contributed by atoms with Crippen LogP contribution in [0.3, 0.4) is 0 Å². The molecule has 2 rings (SSSR count). The lowest BCUT2D eigenvalue weighted by Crippen LogP contribution is -2.28. The lowest BCUT2D eigenvalue weighted by molar-refractivity contribution is 0.0793. The number of nitrogens with zero attached hydrogens (tertiary/aromatic N) is 1. The van der Waals surface area contributed by atoms with Crippen LogP contribution in [0.25, 0.3) is 0 Å². The summed E-state index contributed by atoms with van der Waals surface area (Å²) in [5.74, 6) is 0.725. The van der Waals surface area contributed by atoms with E-state index >= 15 is 0 Å². The van der Waals surface area contributed by atoms with Crippen molar-refractivity contribution in [1.82, 2.24) is 4.90 Å². The Morgan fingerprint density at radius 2 is 2.35 bits per heavy atom. The third-order valence-electron chi connectivity index (χ3n) is 3.52. The van der Waals surface area contributed by atoms with Crippen molar-refractivity contribution in [1.29, 1.82) is 0 Å². The minimum atomic E-state index is 0.366. The zero-order valence-electron chi connectivity index (χ0n) is 12.1. The highest BCUT2D eigenvalue weighted by Crippen LogP contribution is 2.21. The predicted molar refractivity (Wildman–Crippen MR) is 84.2 cm³/mol. The van der Waals surface area contributed by atoms with Crippen LogP contribution in [0.1, 0.15) is 24.0 Å². The van der Waals surface area contributed by atoms with E-state index in [1.165, 1.54) is 12.0 Å². The normalized spacial score (nSPS) is 18.4. The molecule has 0 bridgehead atoms. The average Bonchev–Trinajstić information content (AvgIpc) is 2.91. The van der Waals surface area contributed by atoms with Crippen molar-refractivity contribution in [3.63, 3.8) is 0 Å². The van der Waals surface area contributed by atoms with Gasteiger partial charge in [0.1, 0.15) is 10.7 Å². The average molecular weight is 294 g/mol. The van der Waals surface area contributed by atoms with Gasteiger partial charge in [0.05, 0.1) is 18.8 Å². The smallest absolute Gasteiger partial charge is 0.129 e. The molecule has 1 aliphatic heterocycles. The molecule has 1 aromatic rings. The van der Waals surface area contributed by atoms with E-state index < -0.39 is 0 Å². The second-order valence-corrected chi connectivity index (χ2v) is 5.67. The van der Waals surface area contributed by atoms with E-state index in [0.717, 1.165) is 37.4 Å². The number of methoxy groups -OCH3 is 1. The second-order valence-electron chi connectivity index (χ2n) is 5.23. The minimum Gasteiger partial charge on any atom is -0.496 e. The third-order valence-corrected chi connectivity index (χ3v) is 3.74. The molecule has 1 heterocycles. The van der Waals surface area contributed by atoms with Gasteiger partial charge in [0.2, 0.25) is 0 Å². The van der Waals surface area contributed by atoms with Crippen molar-refractivity contribution >= 4 is 17.2 Å². The molecule has 0 aromatic heterocycles. The summed E-state index contributed by atoms with van der Waals surface area (Å²) in [5.41, 5.74) is 7.71. The second kappa shape index (κ2) is 7.02. The van der Waals surface area contributed by atoms with Crippen LogP contribution in [0.5, 0.6) is 5.75 Å². The van der Waals surface area contributed by atoms with Crippen molar-refractivity contribution < 1.29 is 9.47 Å². The van der Waals surface area contributed by atoms with E-state index in [0.29, 0.717) is 11.1 Å². The maximum atomic E-state index is 5.74. The fourth-order valence-corrected chi connectivity index (χ4v) is 2.72. The number of ether oxygens (including phenoxy) is 2. The monoisotopic (exact) mass is 294 g/mol. The Labute approximate surface area is 125 Å². The van der Waals surface area contributed by atoms with E-state index in [2.05, 4.69) is 11.9 Å². The van der Waals surface area contributed by atoms with Crippen LogP contribution in [-0.4, -0.2) is 43.3 Å². The first kappa shape index (κ1) is 15.2. The standard InChI is InChI=1S/C15H22N2O2S/c1-17(10-12-4-3-7-19-12)9-11-5-6-14(18-2)13(8-11)15(16)20/h5-6,8,12H,3-4,7,9-10H2,1-2H3,(H2,16,20). The summed E-state index contributed by atoms with van der Waals surface area (Å²) >= 11 is 5.07. The van der Waals surface area contributed by atoms with Crippen LogP contribution >= 0.6 is 12.2 Å². The minimum absolute atomic E-state index is 0.366. The van der Waals surface area contributed by atoms with Crippen LogP contribution < -0.4 is 10.5 Å². The van der Waals surface area contributed by atoms with Gasteiger partial charge in [0.15, 0.2) is 0 Å². The predicted octanol–water partition coefficient (Wildman–Crippen LogP) is 1.94. The Kier molecular flexibility index (Phi) is 5.34. The van der Waals surface area contributed by atoms with Crippen molar-refractivity contribution in [3.05, 3.63) is 29.3 Å². The van der Waals surface area contributed by atoms with Crippen molar-refractivity contribution in [2.75, 3.05) is 27.3 Å². The van der Waals surface area contributed by atoms with Gasteiger partial charge in [0, 0.05) is 19.7 Å². The lowest BCUT2D eigenvalue weighted by atomic mass is 10.1. The number of likely N-dealkylation sites (N-methyl/N-ethyl adjacent to an activating group) is 1. The van der Waals surface area contributed by atoms with Gasteiger partial charge in [-0.25, -0.2) is 0 Å². The Bertz CT molecular complexity index is 473. The molecule has 20 heavy (non-hydrogen) atoms. The van der Waals surface area contributed by atoms with Gasteiger partial charge >= 0.3 is 0 Å². The summed E-state index contributed by atoms with van der Waals surface area (Å²) in [4.78, 5) is 2.63. The molecule has 110 valence electrons. The number of rotatable bonds is 6. The SMILES string of the molecule is COc1ccc(CN(C)CC2CCCO2)cc1C(N)=S. The van der Waals surface area contributed by atoms with E-state index in [1.54, 1.807) is 7.11 Å². The maximum Gasteiger partial charge on any atom is 0.129 e. The Morgan fingerprint density at radius 3 is 2.95 bits per heavy atom. The van der Waals surface area contributed by atoms with Gasteiger partial charge in [-0.15, -0.1) is 0 Å². The summed E-state index contributed by atoms with van der Waals surface area (Å²) in [5, 5.41) is 0. The summed E-state index contributed by atoms with van der Waals surface area (Å²) in [6.45, 7) is 2.69. The van der Waals surface area contributed by atoms with Gasteiger partial charge in [-0.1, -0.05) is 18.3 Å². The first-order valence-corrected chi connectivity index (χ1v) is 7.28. The summed E-state index contributed by atoms with van der Waals surface area (Å²) < 4.78 is 10.9. The van der Waals surface area contributed by atoms with Gasteiger partial charge in [0.25, 0.3) is 0 Å². The summed E-state index contributed by atoms with van der Waals surface area (Å²) in [6, 6.07) is 5.98. The molecule has 0 spiro atoms. The number of thiocarbonyl (C=S) groups is 1. The molecule has 2 N–H and O–H groups in total. The number of benzene rings is 1. The van der Waals surface area contributed by atoms with Crippen molar-refractivity contribution in [3.8, 4) is 5.75 Å². The zero-order valence-corrected chi connectivity index (χ0v) is 12.9. The molecule has 1 aliphatic rings. The molecule has 0 amide bonds. The molecule has 0 radical (unpaired) electrons. The molecule has 1 atom stereocenters. The Morgan fingerprint density at radius 1 is 1.55 bits per heavy atom. The molecule has 4 nitrogen and oxygen atoms in total. The number of hydrogen-bond donors (Lipinski definition) is 1. The number of hydrogen-bond acceptors (Lipinski definition) is 4. The molecule has 5 heteroatoms. The molecule has 0 saturated carbocycles. The molecule has 1 fully saturated rings. The molecule has 1 unspecified atom stereocenters. The van der Waals surface area contributed by atoms with Gasteiger partial charge in [-0.3, -0.25) is 4.90 Å². The molecular formula is C15H22N2O2S. The maximum absolute atomic E-state index is 5.74. The largest absolute Gasteiger partial charge is 0.496 e. The van der Waals surface area contributed by atoms with Crippen molar-refractivity contribution in [2.45, 2.75) is 25.5 Å². The number of nitrogens with two attached hydrogens (primary N) is 1. The van der Waals surface area contributed by atoms with Crippen LogP contribution in [-0.2, 0) is 11.3 Å². The highest BCUT2D eigenvalue weighted by molar-refractivity contribution is 7.80. The Hall–Kier alpha value is -1.17. The van der Waals surface area contributed by atoms with Crippen LogP contribution in [0.2, 0.25) is 0 Å². The van der Waals surface area contributed by atoms with E-state index in [4.69, 9.17) is 27.4 Å². The van der Waals surface area contributed by atoms with E-state index in [-0.39, 0.29) is 0 Å². The Balaban J connectivity index is 2.01. The molecule has 0 aliphatic carbocycles. The first-order chi connectivity index (χ1) is 9.60. The highest BCUT2D eigenvalue weighted by atomic mass is 32.1. The van der Waals surface area contributed by atoms with Crippen LogP contribution in [0, 0.1) is 0 Å². The fourth-order valence-electron chi connectivity index (χ4n) is 2.56.